The lowest BCUT2D eigenvalue weighted by molar-refractivity contribution is -0.141. The van der Waals surface area contributed by atoms with Gasteiger partial charge in [-0.1, -0.05) is 6.07 Å². The van der Waals surface area contributed by atoms with Crippen LogP contribution in [0.3, 0.4) is 0 Å². The number of pyridine rings is 2. The van der Waals surface area contributed by atoms with Gasteiger partial charge in [0.05, 0.1) is 32.7 Å². The molecule has 47 heavy (non-hydrogen) atoms. The predicted molar refractivity (Wildman–Crippen MR) is 169 cm³/mol. The Labute approximate surface area is 271 Å². The number of halogens is 3. The second kappa shape index (κ2) is 12.6. The molecule has 2 saturated heterocycles. The van der Waals surface area contributed by atoms with E-state index in [9.17, 15) is 32.7 Å². The molecule has 0 saturated carbocycles. The zero-order chi connectivity index (χ0) is 33.5. The van der Waals surface area contributed by atoms with Crippen molar-refractivity contribution < 1.29 is 32.7 Å². The summed E-state index contributed by atoms with van der Waals surface area (Å²) in [6, 6.07) is 7.95. The fourth-order valence-electron chi connectivity index (χ4n) is 5.85. The molecule has 6 rings (SSSR count). The number of nitrogens with zero attached hydrogens (tertiary/aromatic N) is 5. The summed E-state index contributed by atoms with van der Waals surface area (Å²) in [5.74, 6) is -0.944. The van der Waals surface area contributed by atoms with Gasteiger partial charge < -0.3 is 10.4 Å². The van der Waals surface area contributed by atoms with Crippen molar-refractivity contribution in [3.63, 3.8) is 0 Å². The van der Waals surface area contributed by atoms with E-state index in [4.69, 9.17) is 4.98 Å². The summed E-state index contributed by atoms with van der Waals surface area (Å²) in [6.07, 6.45) is 0.538. The van der Waals surface area contributed by atoms with Gasteiger partial charge in [0.2, 0.25) is 5.91 Å². The second-order valence-corrected chi connectivity index (χ2v) is 13.2. The van der Waals surface area contributed by atoms with E-state index in [1.165, 1.54) is 17.4 Å². The normalized spacial score (nSPS) is 16.9. The van der Waals surface area contributed by atoms with E-state index in [2.05, 4.69) is 25.5 Å². The van der Waals surface area contributed by atoms with E-state index < -0.39 is 35.1 Å². The number of urea groups is 1. The standard InChI is InChI=1S/C32H32F3N7O4S/c1-31(2,46)20-14-23-25(15-22(20)38-28(44)21-4-3-5-26(37-21)32(33,34)35)47-29(39-23)18-7-11-41(12-8-18)17-19-6-10-36-16-24(19)42-13-9-27(43)40-30(42)45/h3-6,10,14-16,18,46H,7-9,11-13,17H2,1-2H3,(H,38,44)(H,40,43,45). The molecule has 0 aliphatic carbocycles. The molecule has 15 heteroatoms. The molecule has 11 nitrogen and oxygen atoms in total. The van der Waals surface area contributed by atoms with E-state index >= 15 is 0 Å². The van der Waals surface area contributed by atoms with Crippen molar-refractivity contribution in [2.75, 3.05) is 29.9 Å². The van der Waals surface area contributed by atoms with Crippen LogP contribution in [-0.4, -0.2) is 62.4 Å². The molecule has 0 radical (unpaired) electrons. The highest BCUT2D eigenvalue weighted by Crippen LogP contribution is 2.39. The van der Waals surface area contributed by atoms with Crippen LogP contribution < -0.4 is 15.5 Å². The number of hydrogen-bond acceptors (Lipinski definition) is 9. The second-order valence-electron chi connectivity index (χ2n) is 12.1. The van der Waals surface area contributed by atoms with E-state index in [-0.39, 0.29) is 23.9 Å². The Morgan fingerprint density at radius 3 is 2.57 bits per heavy atom. The molecule has 0 bridgehead atoms. The lowest BCUT2D eigenvalue weighted by Gasteiger charge is -2.33. The van der Waals surface area contributed by atoms with Crippen LogP contribution in [0, 0.1) is 0 Å². The number of alkyl halides is 3. The largest absolute Gasteiger partial charge is 0.433 e. The Morgan fingerprint density at radius 2 is 1.87 bits per heavy atom. The Hall–Kier alpha value is -4.47. The predicted octanol–water partition coefficient (Wildman–Crippen LogP) is 5.41. The van der Waals surface area contributed by atoms with Crippen LogP contribution in [0.1, 0.15) is 71.3 Å². The molecule has 246 valence electrons. The highest BCUT2D eigenvalue weighted by molar-refractivity contribution is 7.18. The van der Waals surface area contributed by atoms with E-state index in [1.54, 1.807) is 43.3 Å². The number of benzene rings is 1. The van der Waals surface area contributed by atoms with Crippen molar-refractivity contribution >= 4 is 50.8 Å². The van der Waals surface area contributed by atoms with E-state index in [1.807, 2.05) is 6.07 Å². The number of carbonyl (C=O) groups is 3. The Morgan fingerprint density at radius 1 is 1.11 bits per heavy atom. The molecule has 1 aromatic carbocycles. The third-order valence-corrected chi connectivity index (χ3v) is 9.47. The minimum Gasteiger partial charge on any atom is -0.386 e. The molecule has 0 unspecified atom stereocenters. The number of piperidine rings is 1. The van der Waals surface area contributed by atoms with Crippen LogP contribution in [0.2, 0.25) is 0 Å². The summed E-state index contributed by atoms with van der Waals surface area (Å²) < 4.78 is 40.3. The van der Waals surface area contributed by atoms with Crippen LogP contribution in [0.5, 0.6) is 0 Å². The molecule has 2 aliphatic rings. The van der Waals surface area contributed by atoms with Gasteiger partial charge >= 0.3 is 12.2 Å². The minimum atomic E-state index is -4.70. The molecule has 3 aromatic heterocycles. The molecule has 2 fully saturated rings. The van der Waals surface area contributed by atoms with Crippen LogP contribution >= 0.6 is 11.3 Å². The number of anilines is 2. The smallest absolute Gasteiger partial charge is 0.386 e. The molecular weight excluding hydrogens is 635 g/mol. The topological polar surface area (TPSA) is 141 Å². The van der Waals surface area contributed by atoms with Crippen molar-refractivity contribution in [1.82, 2.24) is 25.2 Å². The van der Waals surface area contributed by atoms with E-state index in [0.717, 1.165) is 53.3 Å². The molecular formula is C32H32F3N7O4S. The fraction of sp³-hybridized carbons (Fsp3) is 0.375. The van der Waals surface area contributed by atoms with Gasteiger partial charge in [-0.3, -0.25) is 29.7 Å². The first-order chi connectivity index (χ1) is 22.3. The quantitative estimate of drug-likeness (QED) is 0.238. The highest BCUT2D eigenvalue weighted by atomic mass is 32.1. The number of fused-ring (bicyclic) bond motifs is 1. The first kappa shape index (κ1) is 32.5. The van der Waals surface area contributed by atoms with Gasteiger partial charge in [-0.25, -0.2) is 14.8 Å². The Kier molecular flexibility index (Phi) is 8.72. The number of nitrogens with one attached hydrogen (secondary N) is 2. The van der Waals surface area contributed by atoms with Crippen molar-refractivity contribution in [2.24, 2.45) is 0 Å². The number of rotatable bonds is 7. The summed E-state index contributed by atoms with van der Waals surface area (Å²) in [7, 11) is 0. The van der Waals surface area contributed by atoms with Crippen LogP contribution in [0.15, 0.2) is 48.8 Å². The van der Waals surface area contributed by atoms with Gasteiger partial charge in [-0.2, -0.15) is 13.2 Å². The first-order valence-corrected chi connectivity index (χ1v) is 15.9. The molecule has 2 aliphatic heterocycles. The maximum absolute atomic E-state index is 13.2. The number of hydrogen-bond donors (Lipinski definition) is 3. The number of likely N-dealkylation sites (tertiary alicyclic amines) is 1. The third-order valence-electron chi connectivity index (χ3n) is 8.29. The van der Waals surface area contributed by atoms with Gasteiger partial charge in [-0.05, 0) is 75.7 Å². The number of amides is 4. The summed E-state index contributed by atoms with van der Waals surface area (Å²) in [5.41, 5.74) is -0.0439. The SMILES string of the molecule is CC(C)(O)c1cc2nc(C3CCN(Cc4ccncc4N4CCC(=O)NC4=O)CC3)sc2cc1NC(=O)c1cccc(C(F)(F)F)n1. The average Bonchev–Trinajstić information content (AvgIpc) is 3.44. The lowest BCUT2D eigenvalue weighted by atomic mass is 9.95. The molecule has 4 amide bonds. The Balaban J connectivity index is 1.17. The van der Waals surface area contributed by atoms with Gasteiger partial charge in [0.1, 0.15) is 11.4 Å². The first-order valence-electron chi connectivity index (χ1n) is 15.1. The Bertz CT molecular complexity index is 1850. The summed E-state index contributed by atoms with van der Waals surface area (Å²) in [5, 5.41) is 16.8. The molecule has 5 heterocycles. The summed E-state index contributed by atoms with van der Waals surface area (Å²) in [4.78, 5) is 53.5. The summed E-state index contributed by atoms with van der Waals surface area (Å²) in [6.45, 7) is 5.59. The lowest BCUT2D eigenvalue weighted by Crippen LogP contribution is -2.50. The average molecular weight is 668 g/mol. The van der Waals surface area contributed by atoms with E-state index in [0.29, 0.717) is 29.9 Å². The number of aliphatic hydroxyl groups is 1. The molecule has 0 spiro atoms. The highest BCUT2D eigenvalue weighted by Gasteiger charge is 2.33. The van der Waals surface area contributed by atoms with Crippen molar-refractivity contribution in [1.29, 1.82) is 0 Å². The molecule has 3 N–H and O–H groups in total. The van der Waals surface area contributed by atoms with Crippen molar-refractivity contribution in [2.45, 2.75) is 57.3 Å². The summed E-state index contributed by atoms with van der Waals surface area (Å²) >= 11 is 1.48. The maximum Gasteiger partial charge on any atom is 0.433 e. The minimum absolute atomic E-state index is 0.178. The van der Waals surface area contributed by atoms with Crippen molar-refractivity contribution in [3.8, 4) is 0 Å². The van der Waals surface area contributed by atoms with Crippen molar-refractivity contribution in [3.05, 3.63) is 76.3 Å². The zero-order valence-electron chi connectivity index (χ0n) is 25.6. The van der Waals surface area contributed by atoms with Gasteiger partial charge in [-0.15, -0.1) is 11.3 Å². The van der Waals surface area contributed by atoms with Gasteiger partial charge in [0, 0.05) is 42.9 Å². The van der Waals surface area contributed by atoms with Crippen LogP contribution in [0.4, 0.5) is 29.3 Å². The van der Waals surface area contributed by atoms with Crippen LogP contribution in [0.25, 0.3) is 10.2 Å². The number of aromatic nitrogens is 3. The number of thiazole rings is 1. The maximum atomic E-state index is 13.2. The van der Waals surface area contributed by atoms with Gasteiger partial charge in [0.25, 0.3) is 5.91 Å². The number of carbonyl (C=O) groups excluding carboxylic acids is 3. The van der Waals surface area contributed by atoms with Gasteiger partial charge in [0.15, 0.2) is 0 Å². The molecule has 4 aromatic rings. The number of imide groups is 1. The third kappa shape index (κ3) is 7.11. The zero-order valence-corrected chi connectivity index (χ0v) is 26.4. The fourth-order valence-corrected chi connectivity index (χ4v) is 7.00. The monoisotopic (exact) mass is 667 g/mol. The van der Waals surface area contributed by atoms with Crippen LogP contribution in [-0.2, 0) is 23.1 Å². The molecule has 0 atom stereocenters.